The van der Waals surface area contributed by atoms with E-state index in [1.54, 1.807) is 31.1 Å². The molecule has 1 aliphatic rings. The van der Waals surface area contributed by atoms with Crippen molar-refractivity contribution in [1.29, 1.82) is 0 Å². The monoisotopic (exact) mass is 315 g/mol. The number of amides is 2. The quantitative estimate of drug-likeness (QED) is 0.893. The van der Waals surface area contributed by atoms with Crippen LogP contribution in [0.2, 0.25) is 0 Å². The molecule has 1 saturated heterocycles. The van der Waals surface area contributed by atoms with Gasteiger partial charge in [-0.25, -0.2) is 14.8 Å². The Hall–Kier alpha value is -2.64. The molecule has 0 unspecified atom stereocenters. The van der Waals surface area contributed by atoms with Crippen molar-refractivity contribution in [2.45, 2.75) is 19.5 Å². The van der Waals surface area contributed by atoms with Gasteiger partial charge in [0.15, 0.2) is 0 Å². The highest BCUT2D eigenvalue weighted by Gasteiger charge is 2.22. The van der Waals surface area contributed by atoms with Crippen molar-refractivity contribution in [3.05, 3.63) is 37.3 Å². The summed E-state index contributed by atoms with van der Waals surface area (Å²) in [5.41, 5.74) is 0. The van der Waals surface area contributed by atoms with Crippen molar-refractivity contribution in [3.63, 3.8) is 0 Å². The van der Waals surface area contributed by atoms with E-state index in [0.717, 1.165) is 18.9 Å². The van der Waals surface area contributed by atoms with Crippen LogP contribution in [-0.4, -0.2) is 62.7 Å². The summed E-state index contributed by atoms with van der Waals surface area (Å²) in [5.74, 6) is 0.862. The number of carbonyl (C=O) groups is 1. The van der Waals surface area contributed by atoms with E-state index in [2.05, 4.69) is 25.2 Å². The molecular formula is C15H21N7O. The van der Waals surface area contributed by atoms with Gasteiger partial charge in [0.2, 0.25) is 0 Å². The van der Waals surface area contributed by atoms with Crippen molar-refractivity contribution in [2.24, 2.45) is 0 Å². The minimum absolute atomic E-state index is 0.0172. The molecule has 1 aliphatic heterocycles. The summed E-state index contributed by atoms with van der Waals surface area (Å²) >= 11 is 0. The zero-order valence-corrected chi connectivity index (χ0v) is 13.2. The second-order valence-electron chi connectivity index (χ2n) is 5.65. The van der Waals surface area contributed by atoms with Gasteiger partial charge < -0.3 is 19.7 Å². The summed E-state index contributed by atoms with van der Waals surface area (Å²) in [6, 6.07) is 0.0335. The summed E-state index contributed by atoms with van der Waals surface area (Å²) < 4.78 is 1.96. The Bertz CT molecular complexity index is 608. The number of hydrogen-bond acceptors (Lipinski definition) is 5. The number of imidazole rings is 1. The Labute approximate surface area is 135 Å². The average molecular weight is 315 g/mol. The van der Waals surface area contributed by atoms with E-state index < -0.39 is 0 Å². The molecule has 0 spiro atoms. The molecule has 3 rings (SSSR count). The number of urea groups is 1. The average Bonchev–Trinajstić information content (AvgIpc) is 3.08. The van der Waals surface area contributed by atoms with Gasteiger partial charge in [0.1, 0.15) is 5.82 Å². The largest absolute Gasteiger partial charge is 0.352 e. The fraction of sp³-hybridized carbons (Fsp3) is 0.467. The van der Waals surface area contributed by atoms with E-state index in [1.807, 2.05) is 22.6 Å². The molecule has 0 aromatic carbocycles. The minimum atomic E-state index is -0.0172. The van der Waals surface area contributed by atoms with Crippen LogP contribution in [-0.2, 0) is 6.54 Å². The highest BCUT2D eigenvalue weighted by molar-refractivity contribution is 5.74. The first-order valence-corrected chi connectivity index (χ1v) is 7.74. The maximum atomic E-state index is 12.3. The molecule has 2 aromatic heterocycles. The fourth-order valence-electron chi connectivity index (χ4n) is 2.65. The number of rotatable bonds is 4. The van der Waals surface area contributed by atoms with Gasteiger partial charge in [-0.1, -0.05) is 0 Å². The molecule has 122 valence electrons. The topological polar surface area (TPSA) is 79.2 Å². The van der Waals surface area contributed by atoms with E-state index in [0.29, 0.717) is 19.6 Å². The van der Waals surface area contributed by atoms with Gasteiger partial charge in [0.05, 0.1) is 12.5 Å². The van der Waals surface area contributed by atoms with Crippen molar-refractivity contribution >= 4 is 11.8 Å². The Morgan fingerprint density at radius 1 is 1.22 bits per heavy atom. The molecule has 2 amide bonds. The van der Waals surface area contributed by atoms with Gasteiger partial charge in [0, 0.05) is 63.6 Å². The van der Waals surface area contributed by atoms with Crippen LogP contribution >= 0.6 is 0 Å². The predicted molar refractivity (Wildman–Crippen MR) is 86.0 cm³/mol. The molecule has 8 nitrogen and oxygen atoms in total. The number of aromatic nitrogens is 4. The molecule has 0 aliphatic carbocycles. The third kappa shape index (κ3) is 3.97. The van der Waals surface area contributed by atoms with Crippen molar-refractivity contribution < 1.29 is 4.79 Å². The van der Waals surface area contributed by atoms with E-state index in [4.69, 9.17) is 0 Å². The Balaban J connectivity index is 1.46. The zero-order chi connectivity index (χ0) is 16.1. The van der Waals surface area contributed by atoms with E-state index in [9.17, 15) is 4.79 Å². The number of carbonyl (C=O) groups excluding carboxylic acids is 1. The Kier molecular flexibility index (Phi) is 4.70. The predicted octanol–water partition coefficient (Wildman–Crippen LogP) is 0.593. The molecule has 1 N–H and O–H groups in total. The first-order valence-electron chi connectivity index (χ1n) is 7.74. The summed E-state index contributed by atoms with van der Waals surface area (Å²) in [6.07, 6.45) is 10.5. The minimum Gasteiger partial charge on any atom is -0.352 e. The molecule has 3 heterocycles. The molecule has 0 saturated carbocycles. The van der Waals surface area contributed by atoms with Crippen LogP contribution in [0.5, 0.6) is 0 Å². The maximum Gasteiger partial charge on any atom is 0.317 e. The van der Waals surface area contributed by atoms with E-state index in [1.165, 1.54) is 0 Å². The third-order valence-corrected chi connectivity index (χ3v) is 3.85. The fourth-order valence-corrected chi connectivity index (χ4v) is 2.65. The lowest BCUT2D eigenvalue weighted by atomic mass is 10.3. The number of hydrogen-bond donors (Lipinski definition) is 1. The lowest BCUT2D eigenvalue weighted by molar-refractivity contribution is 0.190. The molecule has 1 atom stereocenters. The summed E-state index contributed by atoms with van der Waals surface area (Å²) in [4.78, 5) is 28.7. The smallest absolute Gasteiger partial charge is 0.317 e. The molecule has 0 radical (unpaired) electrons. The molecule has 2 aromatic rings. The number of nitrogens with zero attached hydrogens (tertiary/aromatic N) is 6. The summed E-state index contributed by atoms with van der Waals surface area (Å²) in [5, 5.41) is 3.03. The van der Waals surface area contributed by atoms with Crippen LogP contribution in [0.1, 0.15) is 6.92 Å². The van der Waals surface area contributed by atoms with Gasteiger partial charge >= 0.3 is 6.03 Å². The highest BCUT2D eigenvalue weighted by Crippen LogP contribution is 2.11. The van der Waals surface area contributed by atoms with Gasteiger partial charge in [0.25, 0.3) is 0 Å². The summed E-state index contributed by atoms with van der Waals surface area (Å²) in [6.45, 7) is 5.60. The van der Waals surface area contributed by atoms with Crippen molar-refractivity contribution in [2.75, 3.05) is 31.1 Å². The number of nitrogens with one attached hydrogen (secondary N) is 1. The molecular weight excluding hydrogens is 294 g/mol. The molecule has 23 heavy (non-hydrogen) atoms. The molecule has 0 bridgehead atoms. The van der Waals surface area contributed by atoms with Gasteiger partial charge in [-0.3, -0.25) is 4.98 Å². The van der Waals surface area contributed by atoms with E-state index >= 15 is 0 Å². The highest BCUT2D eigenvalue weighted by atomic mass is 16.2. The first kappa shape index (κ1) is 15.3. The Morgan fingerprint density at radius 2 is 2.04 bits per heavy atom. The number of piperazine rings is 1. The van der Waals surface area contributed by atoms with Crippen LogP contribution in [0.25, 0.3) is 0 Å². The van der Waals surface area contributed by atoms with Crippen LogP contribution in [0.3, 0.4) is 0 Å². The van der Waals surface area contributed by atoms with E-state index in [-0.39, 0.29) is 12.1 Å². The van der Waals surface area contributed by atoms with Crippen molar-refractivity contribution in [3.8, 4) is 0 Å². The lowest BCUT2D eigenvalue weighted by Gasteiger charge is -2.35. The van der Waals surface area contributed by atoms with Crippen molar-refractivity contribution in [1.82, 2.24) is 29.7 Å². The van der Waals surface area contributed by atoms with Gasteiger partial charge in [-0.15, -0.1) is 0 Å². The second-order valence-corrected chi connectivity index (χ2v) is 5.65. The maximum absolute atomic E-state index is 12.3. The molecule has 1 fully saturated rings. The van der Waals surface area contributed by atoms with Gasteiger partial charge in [-0.2, -0.15) is 0 Å². The summed E-state index contributed by atoms with van der Waals surface area (Å²) in [7, 11) is 0. The second kappa shape index (κ2) is 7.08. The van der Waals surface area contributed by atoms with Crippen LogP contribution in [0, 0.1) is 0 Å². The normalized spacial score (nSPS) is 16.2. The standard InChI is InChI=1S/C15H21N7O/c1-13(11-20-5-4-17-12-20)19-15(23)22-8-6-21(7-9-22)14-10-16-2-3-18-14/h2-5,10,12-13H,6-9,11H2,1H3,(H,19,23)/t13-/m1/s1. The molecule has 8 heteroatoms. The SMILES string of the molecule is C[C@H](Cn1ccnc1)NC(=O)N1CCN(c2cnccn2)CC1. The Morgan fingerprint density at radius 3 is 2.70 bits per heavy atom. The van der Waals surface area contributed by atoms with Crippen LogP contribution in [0.15, 0.2) is 37.3 Å². The lowest BCUT2D eigenvalue weighted by Crippen LogP contribution is -2.53. The zero-order valence-electron chi connectivity index (χ0n) is 13.2. The van der Waals surface area contributed by atoms with Crippen LogP contribution in [0.4, 0.5) is 10.6 Å². The number of anilines is 1. The van der Waals surface area contributed by atoms with Crippen LogP contribution < -0.4 is 10.2 Å². The third-order valence-electron chi connectivity index (χ3n) is 3.85. The first-order chi connectivity index (χ1) is 11.2. The van der Waals surface area contributed by atoms with Gasteiger partial charge in [-0.05, 0) is 6.92 Å².